The van der Waals surface area contributed by atoms with Crippen LogP contribution in [0.5, 0.6) is 0 Å². The summed E-state index contributed by atoms with van der Waals surface area (Å²) in [5.74, 6) is 1.00. The van der Waals surface area contributed by atoms with Gasteiger partial charge in [-0.1, -0.05) is 6.07 Å². The van der Waals surface area contributed by atoms with E-state index in [-0.39, 0.29) is 6.03 Å². The van der Waals surface area contributed by atoms with Gasteiger partial charge in [0.05, 0.1) is 0 Å². The van der Waals surface area contributed by atoms with Crippen LogP contribution in [0.15, 0.2) is 29.9 Å². The third kappa shape index (κ3) is 4.65. The van der Waals surface area contributed by atoms with Gasteiger partial charge < -0.3 is 15.1 Å². The zero-order valence-electron chi connectivity index (χ0n) is 13.7. The first-order chi connectivity index (χ1) is 11.7. The highest BCUT2D eigenvalue weighted by Crippen LogP contribution is 2.14. The molecular weight excluding hydrogens is 324 g/mol. The smallest absolute Gasteiger partial charge is 0.321 e. The SMILES string of the molecule is CN1CCCN(c2ccc(CNC(=O)Nc3nccs3)cn2)CC1. The number of thiazole rings is 1. The Labute approximate surface area is 145 Å². The molecule has 2 amide bonds. The molecule has 0 radical (unpaired) electrons. The Bertz CT molecular complexity index is 645. The number of amides is 2. The normalized spacial score (nSPS) is 15.8. The Morgan fingerprint density at radius 3 is 2.92 bits per heavy atom. The quantitative estimate of drug-likeness (QED) is 0.886. The van der Waals surface area contributed by atoms with E-state index in [0.29, 0.717) is 11.7 Å². The molecule has 3 heterocycles. The van der Waals surface area contributed by atoms with Crippen LogP contribution in [-0.2, 0) is 6.54 Å². The van der Waals surface area contributed by atoms with Crippen molar-refractivity contribution in [3.05, 3.63) is 35.5 Å². The molecule has 2 aromatic rings. The molecule has 0 unspecified atom stereocenters. The predicted molar refractivity (Wildman–Crippen MR) is 96.5 cm³/mol. The summed E-state index contributed by atoms with van der Waals surface area (Å²) in [6.07, 6.45) is 4.63. The standard InChI is InChI=1S/C16H22N6OS/c1-21-6-2-7-22(9-8-21)14-4-3-13(11-18-14)12-19-15(23)20-16-17-5-10-24-16/h3-5,10-11H,2,6-9,12H2,1H3,(H2,17,19,20,23). The average Bonchev–Trinajstić information content (AvgIpc) is 3.00. The van der Waals surface area contributed by atoms with Crippen molar-refractivity contribution in [2.24, 2.45) is 0 Å². The monoisotopic (exact) mass is 346 g/mol. The van der Waals surface area contributed by atoms with Crippen molar-refractivity contribution >= 4 is 28.3 Å². The van der Waals surface area contributed by atoms with Crippen molar-refractivity contribution in [3.63, 3.8) is 0 Å². The lowest BCUT2D eigenvalue weighted by Crippen LogP contribution is -2.29. The van der Waals surface area contributed by atoms with Crippen molar-refractivity contribution in [1.82, 2.24) is 20.2 Å². The first kappa shape index (κ1) is 16.7. The zero-order valence-corrected chi connectivity index (χ0v) is 14.6. The van der Waals surface area contributed by atoms with Crippen LogP contribution in [-0.4, -0.2) is 54.1 Å². The highest BCUT2D eigenvalue weighted by molar-refractivity contribution is 7.13. The van der Waals surface area contributed by atoms with Crippen LogP contribution in [0.25, 0.3) is 0 Å². The highest BCUT2D eigenvalue weighted by atomic mass is 32.1. The molecule has 0 saturated carbocycles. The summed E-state index contributed by atoms with van der Waals surface area (Å²) in [5, 5.41) is 7.91. The number of likely N-dealkylation sites (N-methyl/N-ethyl adjacent to an activating group) is 1. The average molecular weight is 346 g/mol. The van der Waals surface area contributed by atoms with Crippen LogP contribution in [0.4, 0.5) is 15.7 Å². The molecule has 1 saturated heterocycles. The molecule has 0 bridgehead atoms. The number of anilines is 2. The second-order valence-electron chi connectivity index (χ2n) is 5.81. The maximum absolute atomic E-state index is 11.8. The fraction of sp³-hybridized carbons (Fsp3) is 0.438. The van der Waals surface area contributed by atoms with Gasteiger partial charge in [-0.25, -0.2) is 14.8 Å². The second kappa shape index (κ2) is 8.07. The molecule has 1 aliphatic rings. The van der Waals surface area contributed by atoms with Gasteiger partial charge in [0.25, 0.3) is 0 Å². The molecule has 0 spiro atoms. The summed E-state index contributed by atoms with van der Waals surface area (Å²) < 4.78 is 0. The number of nitrogens with zero attached hydrogens (tertiary/aromatic N) is 4. The van der Waals surface area contributed by atoms with E-state index in [1.807, 2.05) is 23.7 Å². The number of rotatable bonds is 4. The van der Waals surface area contributed by atoms with Gasteiger partial charge in [-0.15, -0.1) is 11.3 Å². The van der Waals surface area contributed by atoms with Crippen molar-refractivity contribution < 1.29 is 4.79 Å². The molecule has 0 aromatic carbocycles. The Balaban J connectivity index is 1.50. The Kier molecular flexibility index (Phi) is 5.60. The lowest BCUT2D eigenvalue weighted by atomic mass is 10.2. The summed E-state index contributed by atoms with van der Waals surface area (Å²) in [5.41, 5.74) is 0.972. The molecule has 7 nitrogen and oxygen atoms in total. The molecule has 8 heteroatoms. The lowest BCUT2D eigenvalue weighted by molar-refractivity contribution is 0.251. The number of hydrogen-bond acceptors (Lipinski definition) is 6. The maximum Gasteiger partial charge on any atom is 0.321 e. The van der Waals surface area contributed by atoms with E-state index in [9.17, 15) is 4.79 Å². The van der Waals surface area contributed by atoms with E-state index in [2.05, 4.69) is 37.4 Å². The van der Waals surface area contributed by atoms with E-state index >= 15 is 0 Å². The number of urea groups is 1. The van der Waals surface area contributed by atoms with Gasteiger partial charge >= 0.3 is 6.03 Å². The molecule has 1 fully saturated rings. The van der Waals surface area contributed by atoms with Crippen LogP contribution >= 0.6 is 11.3 Å². The van der Waals surface area contributed by atoms with E-state index in [1.54, 1.807) is 6.20 Å². The summed E-state index contributed by atoms with van der Waals surface area (Å²) in [4.78, 5) is 25.0. The number of carbonyl (C=O) groups excluding carboxylic acids is 1. The first-order valence-corrected chi connectivity index (χ1v) is 8.91. The van der Waals surface area contributed by atoms with Crippen molar-refractivity contribution in [2.45, 2.75) is 13.0 Å². The topological polar surface area (TPSA) is 73.4 Å². The maximum atomic E-state index is 11.8. The molecule has 24 heavy (non-hydrogen) atoms. The van der Waals surface area contributed by atoms with E-state index in [0.717, 1.165) is 44.0 Å². The number of nitrogens with one attached hydrogen (secondary N) is 2. The van der Waals surface area contributed by atoms with Crippen LogP contribution in [0.2, 0.25) is 0 Å². The molecule has 0 aliphatic carbocycles. The van der Waals surface area contributed by atoms with Crippen LogP contribution in [0, 0.1) is 0 Å². The molecule has 128 valence electrons. The molecule has 1 aliphatic heterocycles. The Morgan fingerprint density at radius 1 is 1.25 bits per heavy atom. The summed E-state index contributed by atoms with van der Waals surface area (Å²) in [6.45, 7) is 4.66. The zero-order chi connectivity index (χ0) is 16.8. The van der Waals surface area contributed by atoms with Gasteiger partial charge in [0.1, 0.15) is 5.82 Å². The van der Waals surface area contributed by atoms with Crippen LogP contribution in [0.3, 0.4) is 0 Å². The summed E-state index contributed by atoms with van der Waals surface area (Å²) in [7, 11) is 2.16. The number of hydrogen-bond donors (Lipinski definition) is 2. The Morgan fingerprint density at radius 2 is 2.17 bits per heavy atom. The lowest BCUT2D eigenvalue weighted by Gasteiger charge is -2.21. The van der Waals surface area contributed by atoms with Gasteiger partial charge in [0.2, 0.25) is 0 Å². The fourth-order valence-corrected chi connectivity index (χ4v) is 3.12. The first-order valence-electron chi connectivity index (χ1n) is 8.03. The highest BCUT2D eigenvalue weighted by Gasteiger charge is 2.13. The van der Waals surface area contributed by atoms with Gasteiger partial charge in [-0.05, 0) is 31.6 Å². The second-order valence-corrected chi connectivity index (χ2v) is 6.71. The van der Waals surface area contributed by atoms with E-state index in [1.165, 1.54) is 11.3 Å². The minimum absolute atomic E-state index is 0.260. The van der Waals surface area contributed by atoms with Crippen molar-refractivity contribution in [1.29, 1.82) is 0 Å². The van der Waals surface area contributed by atoms with E-state index in [4.69, 9.17) is 0 Å². The van der Waals surface area contributed by atoms with Gasteiger partial charge in [-0.3, -0.25) is 5.32 Å². The predicted octanol–water partition coefficient (Wildman–Crippen LogP) is 2.00. The van der Waals surface area contributed by atoms with Gasteiger partial charge in [-0.2, -0.15) is 0 Å². The Hall–Kier alpha value is -2.19. The minimum atomic E-state index is -0.260. The third-order valence-electron chi connectivity index (χ3n) is 3.96. The molecule has 2 aromatic heterocycles. The number of pyridine rings is 1. The molecule has 3 rings (SSSR count). The summed E-state index contributed by atoms with van der Waals surface area (Å²) >= 11 is 1.39. The number of carbonyl (C=O) groups is 1. The van der Waals surface area contributed by atoms with Crippen molar-refractivity contribution in [3.8, 4) is 0 Å². The minimum Gasteiger partial charge on any atom is -0.355 e. The van der Waals surface area contributed by atoms with Gasteiger partial charge in [0, 0.05) is 44.0 Å². The number of aromatic nitrogens is 2. The molecule has 0 atom stereocenters. The molecule has 2 N–H and O–H groups in total. The van der Waals surface area contributed by atoms with E-state index < -0.39 is 0 Å². The van der Waals surface area contributed by atoms with Crippen LogP contribution < -0.4 is 15.5 Å². The van der Waals surface area contributed by atoms with Crippen molar-refractivity contribution in [2.75, 3.05) is 43.4 Å². The third-order valence-corrected chi connectivity index (χ3v) is 4.65. The fourth-order valence-electron chi connectivity index (χ4n) is 2.59. The van der Waals surface area contributed by atoms with Gasteiger partial charge in [0.15, 0.2) is 5.13 Å². The molecular formula is C16H22N6OS. The summed E-state index contributed by atoms with van der Waals surface area (Å²) in [6, 6.07) is 3.78. The largest absolute Gasteiger partial charge is 0.355 e. The van der Waals surface area contributed by atoms with Crippen LogP contribution in [0.1, 0.15) is 12.0 Å².